The lowest BCUT2D eigenvalue weighted by Crippen LogP contribution is -2.18. The van der Waals surface area contributed by atoms with Gasteiger partial charge in [-0.15, -0.1) is 18.3 Å². The Morgan fingerprint density at radius 3 is 2.41 bits per heavy atom. The Hall–Kier alpha value is -0.960. The summed E-state index contributed by atoms with van der Waals surface area (Å²) in [7, 11) is 0. The van der Waals surface area contributed by atoms with Crippen LogP contribution < -0.4 is 0 Å². The number of rotatable bonds is 11. The first-order valence-electron chi connectivity index (χ1n) is 7.99. The van der Waals surface area contributed by atoms with Crippen molar-refractivity contribution >= 4 is 17.7 Å². The zero-order valence-corrected chi connectivity index (χ0v) is 15.7. The molecule has 0 aromatic rings. The molecule has 3 heteroatoms. The number of carbonyl (C=O) groups is 1. The maximum absolute atomic E-state index is 10.7. The normalized spacial score (nSPS) is 14.1. The van der Waals surface area contributed by atoms with E-state index >= 15 is 0 Å². The molecule has 0 fully saturated rings. The summed E-state index contributed by atoms with van der Waals surface area (Å²) < 4.78 is 5.02. The molecule has 0 aromatic heterocycles. The van der Waals surface area contributed by atoms with Gasteiger partial charge in [0.25, 0.3) is 0 Å². The Morgan fingerprint density at radius 1 is 1.18 bits per heavy atom. The SMILES string of the molecule is C=C[C@](C)(CC/C=C(\C)CCC=C(C)C)SCCOC(C)=O. The van der Waals surface area contributed by atoms with Crippen molar-refractivity contribution in [2.24, 2.45) is 0 Å². The molecule has 126 valence electrons. The minimum absolute atomic E-state index is 0.0385. The van der Waals surface area contributed by atoms with Gasteiger partial charge in [0, 0.05) is 17.4 Å². The van der Waals surface area contributed by atoms with Gasteiger partial charge < -0.3 is 4.74 Å². The van der Waals surface area contributed by atoms with Gasteiger partial charge in [0.15, 0.2) is 0 Å². The molecule has 0 spiro atoms. The molecule has 0 amide bonds. The van der Waals surface area contributed by atoms with Gasteiger partial charge in [-0.25, -0.2) is 0 Å². The van der Waals surface area contributed by atoms with Crippen LogP contribution in [-0.2, 0) is 9.53 Å². The van der Waals surface area contributed by atoms with Gasteiger partial charge in [0.2, 0.25) is 0 Å². The second kappa shape index (κ2) is 11.6. The maximum Gasteiger partial charge on any atom is 0.302 e. The first kappa shape index (κ1) is 21.0. The van der Waals surface area contributed by atoms with Crippen LogP contribution in [0.5, 0.6) is 0 Å². The highest BCUT2D eigenvalue weighted by molar-refractivity contribution is 8.00. The fourth-order valence-corrected chi connectivity index (χ4v) is 3.00. The summed E-state index contributed by atoms with van der Waals surface area (Å²) in [5.74, 6) is 0.599. The van der Waals surface area contributed by atoms with Crippen molar-refractivity contribution in [3.05, 3.63) is 36.0 Å². The summed E-state index contributed by atoms with van der Waals surface area (Å²) in [5.41, 5.74) is 2.84. The van der Waals surface area contributed by atoms with Crippen molar-refractivity contribution in [2.45, 2.75) is 65.0 Å². The van der Waals surface area contributed by atoms with E-state index in [0.29, 0.717) is 6.61 Å². The van der Waals surface area contributed by atoms with Crippen LogP contribution in [0.15, 0.2) is 36.0 Å². The number of hydrogen-bond donors (Lipinski definition) is 0. The van der Waals surface area contributed by atoms with Crippen LogP contribution in [0, 0.1) is 0 Å². The number of hydrogen-bond acceptors (Lipinski definition) is 3. The zero-order valence-electron chi connectivity index (χ0n) is 14.9. The van der Waals surface area contributed by atoms with Crippen LogP contribution in [0.2, 0.25) is 0 Å². The molecule has 1 atom stereocenters. The molecule has 0 aliphatic heterocycles. The van der Waals surface area contributed by atoms with Crippen molar-refractivity contribution in [1.82, 2.24) is 0 Å². The monoisotopic (exact) mass is 324 g/mol. The Labute approximate surface area is 141 Å². The van der Waals surface area contributed by atoms with E-state index in [4.69, 9.17) is 4.74 Å². The molecular formula is C19H32O2S. The average molecular weight is 325 g/mol. The number of esters is 1. The first-order valence-corrected chi connectivity index (χ1v) is 8.97. The van der Waals surface area contributed by atoms with E-state index in [2.05, 4.69) is 46.4 Å². The largest absolute Gasteiger partial charge is 0.465 e. The molecule has 0 N–H and O–H groups in total. The van der Waals surface area contributed by atoms with Crippen LogP contribution in [0.1, 0.15) is 60.3 Å². The van der Waals surface area contributed by atoms with E-state index in [1.54, 1.807) is 11.8 Å². The summed E-state index contributed by atoms with van der Waals surface area (Å²) >= 11 is 1.81. The fourth-order valence-electron chi connectivity index (χ4n) is 1.99. The Morgan fingerprint density at radius 2 is 1.86 bits per heavy atom. The van der Waals surface area contributed by atoms with E-state index in [1.807, 2.05) is 6.08 Å². The average Bonchev–Trinajstić information content (AvgIpc) is 2.43. The van der Waals surface area contributed by atoms with Gasteiger partial charge in [-0.2, -0.15) is 0 Å². The fraction of sp³-hybridized carbons (Fsp3) is 0.632. The molecule has 0 radical (unpaired) electrons. The lowest BCUT2D eigenvalue weighted by molar-refractivity contribution is -0.140. The van der Waals surface area contributed by atoms with E-state index in [-0.39, 0.29) is 10.7 Å². The maximum atomic E-state index is 10.7. The molecule has 22 heavy (non-hydrogen) atoms. The molecule has 0 saturated heterocycles. The van der Waals surface area contributed by atoms with Crippen molar-refractivity contribution < 1.29 is 9.53 Å². The van der Waals surface area contributed by atoms with E-state index in [0.717, 1.165) is 31.4 Å². The van der Waals surface area contributed by atoms with E-state index in [9.17, 15) is 4.79 Å². The van der Waals surface area contributed by atoms with Crippen molar-refractivity contribution in [3.63, 3.8) is 0 Å². The van der Waals surface area contributed by atoms with Crippen molar-refractivity contribution in [2.75, 3.05) is 12.4 Å². The molecule has 0 rings (SSSR count). The summed E-state index contributed by atoms with van der Waals surface area (Å²) in [6.07, 6.45) is 11.0. The van der Waals surface area contributed by atoms with Crippen LogP contribution >= 0.6 is 11.8 Å². The smallest absolute Gasteiger partial charge is 0.302 e. The van der Waals surface area contributed by atoms with Gasteiger partial charge in [0.1, 0.15) is 6.61 Å². The predicted octanol–water partition coefficient (Wildman–Crippen LogP) is 5.70. The number of ether oxygens (including phenoxy) is 1. The third-order valence-electron chi connectivity index (χ3n) is 3.48. The minimum atomic E-state index is -0.212. The Bertz CT molecular complexity index is 406. The summed E-state index contributed by atoms with van der Waals surface area (Å²) in [6.45, 7) is 14.6. The second-order valence-corrected chi connectivity index (χ2v) is 7.74. The highest BCUT2D eigenvalue weighted by Gasteiger charge is 2.19. The molecule has 0 unspecified atom stereocenters. The molecular weight excluding hydrogens is 292 g/mol. The zero-order chi connectivity index (χ0) is 17.0. The highest BCUT2D eigenvalue weighted by atomic mass is 32.2. The Kier molecular flexibility index (Phi) is 11.1. The van der Waals surface area contributed by atoms with Gasteiger partial charge in [0.05, 0.1) is 0 Å². The molecule has 0 aliphatic carbocycles. The molecule has 0 saturated carbocycles. The molecule has 0 bridgehead atoms. The number of carbonyl (C=O) groups excluding carboxylic acids is 1. The standard InChI is InChI=1S/C19H32O2S/c1-7-19(6,22-15-14-21-18(5)20)13-9-12-17(4)11-8-10-16(2)3/h7,10,12H,1,8-9,11,13-15H2,2-6H3/b17-12+/t19-/m1/s1. The summed E-state index contributed by atoms with van der Waals surface area (Å²) in [4.78, 5) is 10.7. The summed E-state index contributed by atoms with van der Waals surface area (Å²) in [5, 5.41) is 0. The summed E-state index contributed by atoms with van der Waals surface area (Å²) in [6, 6.07) is 0. The second-order valence-electron chi connectivity index (χ2n) is 6.11. The number of thioether (sulfide) groups is 1. The minimum Gasteiger partial charge on any atom is -0.465 e. The quantitative estimate of drug-likeness (QED) is 0.277. The van der Waals surface area contributed by atoms with E-state index in [1.165, 1.54) is 18.1 Å². The topological polar surface area (TPSA) is 26.3 Å². The third-order valence-corrected chi connectivity index (χ3v) is 4.88. The number of allylic oxidation sites excluding steroid dienone is 4. The van der Waals surface area contributed by atoms with Crippen LogP contribution in [0.25, 0.3) is 0 Å². The lowest BCUT2D eigenvalue weighted by atomic mass is 10.0. The van der Waals surface area contributed by atoms with Gasteiger partial charge >= 0.3 is 5.97 Å². The third kappa shape index (κ3) is 11.7. The predicted molar refractivity (Wildman–Crippen MR) is 99.3 cm³/mol. The lowest BCUT2D eigenvalue weighted by Gasteiger charge is -2.24. The van der Waals surface area contributed by atoms with E-state index < -0.39 is 0 Å². The Balaban J connectivity index is 4.12. The molecule has 0 aliphatic rings. The van der Waals surface area contributed by atoms with Crippen molar-refractivity contribution in [1.29, 1.82) is 0 Å². The molecule has 2 nitrogen and oxygen atoms in total. The highest BCUT2D eigenvalue weighted by Crippen LogP contribution is 2.31. The van der Waals surface area contributed by atoms with Gasteiger partial charge in [-0.3, -0.25) is 4.79 Å². The van der Waals surface area contributed by atoms with Crippen LogP contribution in [-0.4, -0.2) is 23.1 Å². The van der Waals surface area contributed by atoms with Gasteiger partial charge in [-0.05, 0) is 53.4 Å². The molecule has 0 aromatic carbocycles. The van der Waals surface area contributed by atoms with Gasteiger partial charge in [-0.1, -0.05) is 29.4 Å². The molecule has 0 heterocycles. The van der Waals surface area contributed by atoms with Crippen LogP contribution in [0.4, 0.5) is 0 Å². The van der Waals surface area contributed by atoms with Crippen LogP contribution in [0.3, 0.4) is 0 Å². The first-order chi connectivity index (χ1) is 10.3. The van der Waals surface area contributed by atoms with Crippen molar-refractivity contribution in [3.8, 4) is 0 Å².